The van der Waals surface area contributed by atoms with Crippen LogP contribution in [0.5, 0.6) is 0 Å². The van der Waals surface area contributed by atoms with Crippen LogP contribution in [0.4, 0.5) is 0 Å². The third-order valence-corrected chi connectivity index (χ3v) is 5.90. The summed E-state index contributed by atoms with van der Waals surface area (Å²) in [6.07, 6.45) is 7.97. The summed E-state index contributed by atoms with van der Waals surface area (Å²) in [6, 6.07) is 4.60. The molecule has 102 valence electrons. The highest BCUT2D eigenvalue weighted by Gasteiger charge is 2.66. The fraction of sp³-hybridized carbons (Fsp3) is 0.533. The summed E-state index contributed by atoms with van der Waals surface area (Å²) in [4.78, 5) is 4.20. The smallest absolute Gasteiger partial charge is 0.195 e. The van der Waals surface area contributed by atoms with E-state index in [1.807, 2.05) is 12.3 Å². The van der Waals surface area contributed by atoms with E-state index >= 15 is 0 Å². The van der Waals surface area contributed by atoms with Gasteiger partial charge in [-0.1, -0.05) is 0 Å². The maximum Gasteiger partial charge on any atom is 0.195 e. The maximum absolute atomic E-state index is 5.49. The predicted octanol–water partition coefficient (Wildman–Crippen LogP) is 3.22. The largest absolute Gasteiger partial charge is 0.296 e. The van der Waals surface area contributed by atoms with Crippen LogP contribution < -0.4 is 0 Å². The van der Waals surface area contributed by atoms with Crippen LogP contribution >= 0.6 is 12.2 Å². The van der Waals surface area contributed by atoms with E-state index in [0.29, 0.717) is 6.04 Å². The average Bonchev–Trinajstić information content (AvgIpc) is 2.83. The molecule has 5 rings (SSSR count). The van der Waals surface area contributed by atoms with Crippen LogP contribution in [0.2, 0.25) is 0 Å². The molecule has 4 unspecified atom stereocenters. The van der Waals surface area contributed by atoms with Gasteiger partial charge >= 0.3 is 0 Å². The minimum atomic E-state index is 0.586. The monoisotopic (exact) mass is 284 g/mol. The molecule has 4 nitrogen and oxygen atoms in total. The Balaban J connectivity index is 1.60. The van der Waals surface area contributed by atoms with Gasteiger partial charge in [-0.25, -0.2) is 0 Å². The van der Waals surface area contributed by atoms with Gasteiger partial charge in [-0.15, -0.1) is 0 Å². The lowest BCUT2D eigenvalue weighted by Crippen LogP contribution is -2.07. The quantitative estimate of drug-likeness (QED) is 0.861. The first-order valence-corrected chi connectivity index (χ1v) is 7.83. The van der Waals surface area contributed by atoms with Gasteiger partial charge < -0.3 is 0 Å². The molecule has 1 N–H and O–H groups in total. The number of H-pyrrole nitrogens is 1. The van der Waals surface area contributed by atoms with E-state index in [0.717, 1.165) is 39.8 Å². The third kappa shape index (κ3) is 1.34. The second kappa shape index (κ2) is 3.79. The Kier molecular flexibility index (Phi) is 2.12. The van der Waals surface area contributed by atoms with E-state index in [9.17, 15) is 0 Å². The standard InChI is InChI=1S/C15H16N4S/c20-15-18-17-14(10-2-1-5-16-7-10)19(15)13-11-8-3-4-9(6-8)12(11)13/h1-2,5,7-9,11-13H,3-4,6H2,(H,18,20). The van der Waals surface area contributed by atoms with Crippen molar-refractivity contribution in [3.8, 4) is 11.4 Å². The van der Waals surface area contributed by atoms with Gasteiger partial charge in [-0.05, 0) is 67.3 Å². The molecule has 4 atom stereocenters. The van der Waals surface area contributed by atoms with Gasteiger partial charge in [0.25, 0.3) is 0 Å². The molecule has 3 saturated carbocycles. The van der Waals surface area contributed by atoms with Gasteiger partial charge in [0.1, 0.15) is 0 Å². The topological polar surface area (TPSA) is 46.5 Å². The Hall–Kier alpha value is -1.49. The van der Waals surface area contributed by atoms with Crippen LogP contribution in [0.25, 0.3) is 11.4 Å². The molecular formula is C15H16N4S. The Labute approximate surface area is 122 Å². The molecule has 2 aromatic heterocycles. The summed E-state index contributed by atoms with van der Waals surface area (Å²) in [5, 5.41) is 7.44. The molecule has 0 spiro atoms. The van der Waals surface area contributed by atoms with Gasteiger partial charge in [-0.3, -0.25) is 14.6 Å². The van der Waals surface area contributed by atoms with E-state index < -0.39 is 0 Å². The van der Waals surface area contributed by atoms with E-state index in [4.69, 9.17) is 12.2 Å². The van der Waals surface area contributed by atoms with Gasteiger partial charge in [0.15, 0.2) is 10.6 Å². The number of hydrogen-bond acceptors (Lipinski definition) is 3. The van der Waals surface area contributed by atoms with Crippen LogP contribution in [0.1, 0.15) is 25.3 Å². The highest BCUT2D eigenvalue weighted by atomic mass is 32.1. The number of nitrogens with one attached hydrogen (secondary N) is 1. The minimum absolute atomic E-state index is 0.586. The highest BCUT2D eigenvalue weighted by molar-refractivity contribution is 7.71. The predicted molar refractivity (Wildman–Crippen MR) is 77.5 cm³/mol. The Morgan fingerprint density at radius 3 is 2.75 bits per heavy atom. The first-order valence-electron chi connectivity index (χ1n) is 7.42. The molecule has 2 aromatic rings. The van der Waals surface area contributed by atoms with Crippen molar-refractivity contribution in [2.75, 3.05) is 0 Å². The molecule has 5 heteroatoms. The van der Waals surface area contributed by atoms with E-state index in [-0.39, 0.29) is 0 Å². The normalized spacial score (nSPS) is 37.1. The van der Waals surface area contributed by atoms with Gasteiger partial charge in [0, 0.05) is 24.0 Å². The first kappa shape index (κ1) is 11.2. The van der Waals surface area contributed by atoms with Crippen molar-refractivity contribution in [3.63, 3.8) is 0 Å². The molecule has 0 amide bonds. The Morgan fingerprint density at radius 2 is 2.05 bits per heavy atom. The molecule has 3 aliphatic carbocycles. The SMILES string of the molecule is S=c1[nH]nc(-c2cccnc2)n1C1C2C3CCC(C3)C21. The molecule has 2 heterocycles. The lowest BCUT2D eigenvalue weighted by atomic mass is 10.0. The molecular weight excluding hydrogens is 268 g/mol. The van der Waals surface area contributed by atoms with Gasteiger partial charge in [0.2, 0.25) is 0 Å². The molecule has 20 heavy (non-hydrogen) atoms. The molecule has 0 radical (unpaired) electrons. The second-order valence-electron chi connectivity index (χ2n) is 6.44. The number of fused-ring (bicyclic) bond motifs is 5. The van der Waals surface area contributed by atoms with E-state index in [2.05, 4.69) is 25.8 Å². The highest BCUT2D eigenvalue weighted by Crippen LogP contribution is 2.71. The summed E-state index contributed by atoms with van der Waals surface area (Å²) < 4.78 is 3.04. The summed E-state index contributed by atoms with van der Waals surface area (Å²) in [5.74, 6) is 4.55. The number of aromatic amines is 1. The van der Waals surface area contributed by atoms with Crippen molar-refractivity contribution in [2.24, 2.45) is 23.7 Å². The molecule has 3 fully saturated rings. The van der Waals surface area contributed by atoms with Crippen molar-refractivity contribution < 1.29 is 0 Å². The zero-order chi connectivity index (χ0) is 13.3. The van der Waals surface area contributed by atoms with E-state index in [1.165, 1.54) is 19.3 Å². The molecule has 2 bridgehead atoms. The van der Waals surface area contributed by atoms with Crippen LogP contribution in [-0.2, 0) is 0 Å². The number of aromatic nitrogens is 4. The number of rotatable bonds is 2. The molecule has 3 aliphatic rings. The number of pyridine rings is 1. The third-order valence-electron chi connectivity index (χ3n) is 5.62. The fourth-order valence-electron chi connectivity index (χ4n) is 4.90. The van der Waals surface area contributed by atoms with Crippen molar-refractivity contribution in [1.29, 1.82) is 0 Å². The van der Waals surface area contributed by atoms with E-state index in [1.54, 1.807) is 6.20 Å². The van der Waals surface area contributed by atoms with Crippen molar-refractivity contribution >= 4 is 12.2 Å². The summed E-state index contributed by atoms with van der Waals surface area (Å²) in [5.41, 5.74) is 1.05. The maximum atomic E-state index is 5.49. The summed E-state index contributed by atoms with van der Waals surface area (Å²) in [7, 11) is 0. The number of hydrogen-bond donors (Lipinski definition) is 1. The van der Waals surface area contributed by atoms with Crippen LogP contribution in [-0.4, -0.2) is 19.7 Å². The van der Waals surface area contributed by atoms with Gasteiger partial charge in [0.05, 0.1) is 0 Å². The number of nitrogens with zero attached hydrogens (tertiary/aromatic N) is 3. The van der Waals surface area contributed by atoms with Crippen molar-refractivity contribution in [3.05, 3.63) is 29.3 Å². The minimum Gasteiger partial charge on any atom is -0.296 e. The first-order chi connectivity index (χ1) is 9.84. The molecule has 0 aliphatic heterocycles. The fourth-order valence-corrected chi connectivity index (χ4v) is 5.16. The summed E-state index contributed by atoms with van der Waals surface area (Å²) in [6.45, 7) is 0. The summed E-state index contributed by atoms with van der Waals surface area (Å²) >= 11 is 5.49. The Bertz CT molecular complexity index is 703. The van der Waals surface area contributed by atoms with Gasteiger partial charge in [-0.2, -0.15) is 5.10 Å². The zero-order valence-corrected chi connectivity index (χ0v) is 11.9. The lowest BCUT2D eigenvalue weighted by Gasteiger charge is -2.12. The average molecular weight is 284 g/mol. The van der Waals surface area contributed by atoms with Crippen molar-refractivity contribution in [1.82, 2.24) is 19.7 Å². The molecule has 0 saturated heterocycles. The van der Waals surface area contributed by atoms with Crippen LogP contribution in [0, 0.1) is 28.4 Å². The van der Waals surface area contributed by atoms with Crippen LogP contribution in [0.3, 0.4) is 0 Å². The Morgan fingerprint density at radius 1 is 1.25 bits per heavy atom. The zero-order valence-electron chi connectivity index (χ0n) is 11.1. The molecule has 0 aromatic carbocycles. The lowest BCUT2D eigenvalue weighted by molar-refractivity contribution is 0.453. The van der Waals surface area contributed by atoms with Crippen LogP contribution in [0.15, 0.2) is 24.5 Å². The second-order valence-corrected chi connectivity index (χ2v) is 6.83. The van der Waals surface area contributed by atoms with Crippen molar-refractivity contribution in [2.45, 2.75) is 25.3 Å².